The monoisotopic (exact) mass is 348 g/mol. The predicted octanol–water partition coefficient (Wildman–Crippen LogP) is 1.29. The number of amides is 3. The van der Waals surface area contributed by atoms with E-state index in [0.717, 1.165) is 16.7 Å². The van der Waals surface area contributed by atoms with Gasteiger partial charge in [-0.3, -0.25) is 19.3 Å². The molecule has 3 amide bonds. The van der Waals surface area contributed by atoms with Gasteiger partial charge in [-0.25, -0.2) is 0 Å². The SMILES string of the molecule is O=C(CN1C(=O)S/C(=C\c2ccccc2O)C1=O)N1CCOCC1. The van der Waals surface area contributed by atoms with Gasteiger partial charge in [-0.15, -0.1) is 0 Å². The van der Waals surface area contributed by atoms with Crippen molar-refractivity contribution < 1.29 is 24.2 Å². The van der Waals surface area contributed by atoms with Crippen molar-refractivity contribution in [2.45, 2.75) is 0 Å². The van der Waals surface area contributed by atoms with Crippen molar-refractivity contribution >= 4 is 34.9 Å². The number of nitrogens with zero attached hydrogens (tertiary/aromatic N) is 2. The normalized spacial score (nSPS) is 20.1. The van der Waals surface area contributed by atoms with E-state index in [1.54, 1.807) is 23.1 Å². The molecule has 0 bridgehead atoms. The molecule has 7 nitrogen and oxygen atoms in total. The van der Waals surface area contributed by atoms with Gasteiger partial charge in [-0.05, 0) is 23.9 Å². The number of thioether (sulfide) groups is 1. The van der Waals surface area contributed by atoms with E-state index in [0.29, 0.717) is 31.9 Å². The lowest BCUT2D eigenvalue weighted by molar-refractivity contribution is -0.139. The average molecular weight is 348 g/mol. The second-order valence-corrected chi connectivity index (χ2v) is 6.31. The van der Waals surface area contributed by atoms with Crippen LogP contribution in [-0.2, 0) is 14.3 Å². The molecule has 1 aromatic carbocycles. The fourth-order valence-corrected chi connectivity index (χ4v) is 3.26. The van der Waals surface area contributed by atoms with Crippen LogP contribution in [0.25, 0.3) is 6.08 Å². The van der Waals surface area contributed by atoms with Crippen LogP contribution < -0.4 is 0 Å². The maximum Gasteiger partial charge on any atom is 0.294 e. The Morgan fingerprint density at radius 3 is 2.67 bits per heavy atom. The van der Waals surface area contributed by atoms with Crippen molar-refractivity contribution in [3.8, 4) is 5.75 Å². The number of phenolic OH excluding ortho intramolecular Hbond substituents is 1. The zero-order valence-electron chi connectivity index (χ0n) is 12.8. The molecule has 0 radical (unpaired) electrons. The third-order valence-electron chi connectivity index (χ3n) is 3.75. The molecule has 1 aromatic rings. The van der Waals surface area contributed by atoms with Gasteiger partial charge in [-0.1, -0.05) is 18.2 Å². The zero-order chi connectivity index (χ0) is 17.1. The number of ether oxygens (including phenoxy) is 1. The quantitative estimate of drug-likeness (QED) is 0.828. The molecule has 2 aliphatic heterocycles. The maximum absolute atomic E-state index is 12.4. The number of hydrogen-bond acceptors (Lipinski definition) is 6. The van der Waals surface area contributed by atoms with Gasteiger partial charge >= 0.3 is 0 Å². The van der Waals surface area contributed by atoms with Crippen LogP contribution in [0.5, 0.6) is 5.75 Å². The Morgan fingerprint density at radius 1 is 1.25 bits per heavy atom. The fourth-order valence-electron chi connectivity index (χ4n) is 2.44. The fraction of sp³-hybridized carbons (Fsp3) is 0.312. The number of imide groups is 1. The summed E-state index contributed by atoms with van der Waals surface area (Å²) in [5.41, 5.74) is 0.447. The topological polar surface area (TPSA) is 87.2 Å². The van der Waals surface area contributed by atoms with Gasteiger partial charge in [0, 0.05) is 18.7 Å². The number of morpholine rings is 1. The van der Waals surface area contributed by atoms with Gasteiger partial charge in [0.25, 0.3) is 11.1 Å². The highest BCUT2D eigenvalue weighted by Crippen LogP contribution is 2.33. The third-order valence-corrected chi connectivity index (χ3v) is 4.66. The number of hydrogen-bond donors (Lipinski definition) is 1. The smallest absolute Gasteiger partial charge is 0.294 e. The third kappa shape index (κ3) is 3.44. The highest BCUT2D eigenvalue weighted by molar-refractivity contribution is 8.18. The molecule has 0 spiro atoms. The minimum atomic E-state index is -0.519. The molecule has 2 saturated heterocycles. The van der Waals surface area contributed by atoms with E-state index in [-0.39, 0.29) is 23.1 Å². The molecule has 2 aliphatic rings. The largest absolute Gasteiger partial charge is 0.507 e. The Morgan fingerprint density at radius 2 is 1.96 bits per heavy atom. The number of benzene rings is 1. The minimum Gasteiger partial charge on any atom is -0.507 e. The number of carbonyl (C=O) groups excluding carboxylic acids is 3. The number of phenols is 1. The van der Waals surface area contributed by atoms with Gasteiger partial charge in [0.2, 0.25) is 5.91 Å². The van der Waals surface area contributed by atoms with Gasteiger partial charge in [0.15, 0.2) is 0 Å². The summed E-state index contributed by atoms with van der Waals surface area (Å²) in [6.07, 6.45) is 1.46. The Labute approximate surface area is 142 Å². The van der Waals surface area contributed by atoms with Gasteiger partial charge in [0.1, 0.15) is 12.3 Å². The first-order chi connectivity index (χ1) is 11.6. The molecular formula is C16H16N2O5S. The van der Waals surface area contributed by atoms with E-state index in [2.05, 4.69) is 0 Å². The molecule has 0 atom stereocenters. The summed E-state index contributed by atoms with van der Waals surface area (Å²) in [5.74, 6) is -0.770. The lowest BCUT2D eigenvalue weighted by Crippen LogP contribution is -2.46. The zero-order valence-corrected chi connectivity index (χ0v) is 13.6. The molecule has 1 N–H and O–H groups in total. The molecule has 126 valence electrons. The lowest BCUT2D eigenvalue weighted by atomic mass is 10.2. The minimum absolute atomic E-state index is 0.0219. The van der Waals surface area contributed by atoms with Crippen molar-refractivity contribution in [3.63, 3.8) is 0 Å². The van der Waals surface area contributed by atoms with E-state index in [4.69, 9.17) is 4.74 Å². The van der Waals surface area contributed by atoms with Crippen molar-refractivity contribution in [1.82, 2.24) is 9.80 Å². The van der Waals surface area contributed by atoms with Crippen LogP contribution in [0.1, 0.15) is 5.56 Å². The first kappa shape index (κ1) is 16.5. The summed E-state index contributed by atoms with van der Waals surface area (Å²) >= 11 is 0.766. The van der Waals surface area contributed by atoms with E-state index < -0.39 is 11.1 Å². The Balaban J connectivity index is 1.72. The number of carbonyl (C=O) groups is 3. The summed E-state index contributed by atoms with van der Waals surface area (Å²) < 4.78 is 5.18. The summed E-state index contributed by atoms with van der Waals surface area (Å²) in [6.45, 7) is 1.57. The van der Waals surface area contributed by atoms with E-state index >= 15 is 0 Å². The van der Waals surface area contributed by atoms with Crippen LogP contribution in [0, 0.1) is 0 Å². The first-order valence-corrected chi connectivity index (χ1v) is 8.27. The molecule has 0 saturated carbocycles. The molecule has 3 rings (SSSR count). The second-order valence-electron chi connectivity index (χ2n) is 5.32. The Bertz CT molecular complexity index is 712. The van der Waals surface area contributed by atoms with Crippen molar-refractivity contribution in [2.75, 3.05) is 32.8 Å². The Hall–Kier alpha value is -2.32. The van der Waals surface area contributed by atoms with E-state index in [1.165, 1.54) is 12.1 Å². The standard InChI is InChI=1S/C16H16N2O5S/c19-12-4-2-1-3-11(12)9-13-15(21)18(16(22)24-13)10-14(20)17-5-7-23-8-6-17/h1-4,9,19H,5-8,10H2/b13-9-. The van der Waals surface area contributed by atoms with Crippen LogP contribution in [0.4, 0.5) is 4.79 Å². The van der Waals surface area contributed by atoms with E-state index in [1.807, 2.05) is 0 Å². The first-order valence-electron chi connectivity index (χ1n) is 7.45. The van der Waals surface area contributed by atoms with Gasteiger partial charge in [-0.2, -0.15) is 0 Å². The van der Waals surface area contributed by atoms with Gasteiger partial charge in [0.05, 0.1) is 18.1 Å². The molecular weight excluding hydrogens is 332 g/mol. The predicted molar refractivity (Wildman–Crippen MR) is 88.2 cm³/mol. The van der Waals surface area contributed by atoms with Crippen molar-refractivity contribution in [2.24, 2.45) is 0 Å². The highest BCUT2D eigenvalue weighted by Gasteiger charge is 2.37. The second kappa shape index (κ2) is 7.06. The lowest BCUT2D eigenvalue weighted by Gasteiger charge is -2.28. The molecule has 24 heavy (non-hydrogen) atoms. The van der Waals surface area contributed by atoms with Crippen LogP contribution in [0.15, 0.2) is 29.2 Å². The van der Waals surface area contributed by atoms with Crippen molar-refractivity contribution in [3.05, 3.63) is 34.7 Å². The van der Waals surface area contributed by atoms with Crippen molar-refractivity contribution in [1.29, 1.82) is 0 Å². The molecule has 2 heterocycles. The molecule has 0 unspecified atom stereocenters. The molecule has 2 fully saturated rings. The number of para-hydroxylation sites is 1. The summed E-state index contributed by atoms with van der Waals surface area (Å²) in [4.78, 5) is 39.4. The van der Waals surface area contributed by atoms with Gasteiger partial charge < -0.3 is 14.7 Å². The average Bonchev–Trinajstić information content (AvgIpc) is 2.85. The maximum atomic E-state index is 12.4. The number of rotatable bonds is 3. The van der Waals surface area contributed by atoms with Crippen LogP contribution >= 0.6 is 11.8 Å². The number of aromatic hydroxyl groups is 1. The van der Waals surface area contributed by atoms with Crippen LogP contribution in [0.3, 0.4) is 0 Å². The highest BCUT2D eigenvalue weighted by atomic mass is 32.2. The Kier molecular flexibility index (Phi) is 4.86. The van der Waals surface area contributed by atoms with Crippen LogP contribution in [-0.4, -0.2) is 64.8 Å². The molecule has 8 heteroatoms. The van der Waals surface area contributed by atoms with E-state index in [9.17, 15) is 19.5 Å². The summed E-state index contributed by atoms with van der Waals surface area (Å²) in [6, 6.07) is 6.53. The summed E-state index contributed by atoms with van der Waals surface area (Å²) in [7, 11) is 0. The molecule has 0 aromatic heterocycles. The summed E-state index contributed by atoms with van der Waals surface area (Å²) in [5, 5.41) is 9.29. The molecule has 0 aliphatic carbocycles. The van der Waals surface area contributed by atoms with Crippen LogP contribution in [0.2, 0.25) is 0 Å².